The summed E-state index contributed by atoms with van der Waals surface area (Å²) >= 11 is 0. The molecule has 0 saturated carbocycles. The Hall–Kier alpha value is -0.833. The average molecular weight is 195 g/mol. The van der Waals surface area contributed by atoms with E-state index in [0.717, 1.165) is 17.6 Å². The van der Waals surface area contributed by atoms with Gasteiger partial charge in [0.1, 0.15) is 5.76 Å². The van der Waals surface area contributed by atoms with Crippen LogP contribution in [0.5, 0.6) is 0 Å². The highest BCUT2D eigenvalue weighted by molar-refractivity contribution is 6.76. The Labute approximate surface area is 80.7 Å². The molecule has 0 spiro atoms. The number of furan rings is 1. The van der Waals surface area contributed by atoms with Gasteiger partial charge in [0.15, 0.2) is 0 Å². The van der Waals surface area contributed by atoms with Crippen LogP contribution in [0.15, 0.2) is 27.8 Å². The summed E-state index contributed by atoms with van der Waals surface area (Å²) in [5.41, 5.74) is 1.01. The average Bonchev–Trinajstić information content (AvgIpc) is 2.50. The molecule has 0 bridgehead atoms. The van der Waals surface area contributed by atoms with Crippen LogP contribution in [0.4, 0.5) is 0 Å². The van der Waals surface area contributed by atoms with Crippen LogP contribution in [-0.4, -0.2) is 20.0 Å². The van der Waals surface area contributed by atoms with Gasteiger partial charge >= 0.3 is 0 Å². The summed E-state index contributed by atoms with van der Waals surface area (Å²) < 4.78 is 5.25. The second kappa shape index (κ2) is 3.92. The molecule has 1 aromatic heterocycles. The number of nitrogens with zero attached hydrogens (tertiary/aromatic N) is 1. The molecule has 0 unspecified atom stereocenters. The molecule has 1 heterocycles. The van der Waals surface area contributed by atoms with Crippen LogP contribution in [0.2, 0.25) is 19.6 Å². The van der Waals surface area contributed by atoms with Gasteiger partial charge in [-0.3, -0.25) is 4.99 Å². The third kappa shape index (κ3) is 3.59. The molecule has 0 N–H and O–H groups in total. The van der Waals surface area contributed by atoms with Gasteiger partial charge in [0.2, 0.25) is 0 Å². The van der Waals surface area contributed by atoms with Crippen LogP contribution >= 0.6 is 0 Å². The van der Waals surface area contributed by atoms with Gasteiger partial charge in [0.25, 0.3) is 0 Å². The van der Waals surface area contributed by atoms with E-state index in [1.807, 2.05) is 19.1 Å². The fourth-order valence-corrected chi connectivity index (χ4v) is 1.63. The van der Waals surface area contributed by atoms with Gasteiger partial charge in [-0.2, -0.15) is 0 Å². The molecule has 0 amide bonds. The normalized spacial score (nSPS) is 13.4. The summed E-state index contributed by atoms with van der Waals surface area (Å²) in [5, 5.41) is 0. The molecule has 72 valence electrons. The standard InChI is InChI=1S/C10H17NOSi/c1-9(10-6-5-7-12-10)11-8-13(2,3)4/h5-7H,8H2,1-4H3/b11-9+. The SMILES string of the molecule is C/C(=N\C[Si](C)(C)C)c1ccco1. The lowest BCUT2D eigenvalue weighted by molar-refractivity contribution is 0.557. The van der Waals surface area contributed by atoms with Crippen LogP contribution in [-0.2, 0) is 0 Å². The maximum atomic E-state index is 5.25. The fraction of sp³-hybridized carbons (Fsp3) is 0.500. The lowest BCUT2D eigenvalue weighted by Gasteiger charge is -2.11. The highest BCUT2D eigenvalue weighted by atomic mass is 28.3. The van der Waals surface area contributed by atoms with Gasteiger partial charge in [0.05, 0.1) is 20.0 Å². The van der Waals surface area contributed by atoms with Crippen molar-refractivity contribution in [2.45, 2.75) is 26.6 Å². The molecule has 0 aliphatic heterocycles. The summed E-state index contributed by atoms with van der Waals surface area (Å²) in [6.07, 6.45) is 2.66. The predicted octanol–water partition coefficient (Wildman–Crippen LogP) is 2.97. The number of aliphatic imine (C=N–C) groups is 1. The van der Waals surface area contributed by atoms with Crippen LogP contribution in [0, 0.1) is 0 Å². The van der Waals surface area contributed by atoms with Crippen molar-refractivity contribution in [2.75, 3.05) is 6.17 Å². The van der Waals surface area contributed by atoms with Crippen molar-refractivity contribution in [1.82, 2.24) is 0 Å². The molecule has 1 aromatic rings. The highest BCUT2D eigenvalue weighted by Crippen LogP contribution is 2.05. The predicted molar refractivity (Wildman–Crippen MR) is 59.1 cm³/mol. The summed E-state index contributed by atoms with van der Waals surface area (Å²) in [7, 11) is -1.06. The fourth-order valence-electron chi connectivity index (χ4n) is 0.918. The van der Waals surface area contributed by atoms with Crippen molar-refractivity contribution < 1.29 is 4.42 Å². The zero-order valence-corrected chi connectivity index (χ0v) is 9.79. The van der Waals surface area contributed by atoms with E-state index in [1.165, 1.54) is 0 Å². The first-order valence-corrected chi connectivity index (χ1v) is 8.25. The minimum absolute atomic E-state index is 0.887. The Morgan fingerprint density at radius 2 is 2.15 bits per heavy atom. The minimum Gasteiger partial charge on any atom is -0.463 e. The van der Waals surface area contributed by atoms with E-state index in [9.17, 15) is 0 Å². The monoisotopic (exact) mass is 195 g/mol. The second-order valence-corrected chi connectivity index (χ2v) is 9.88. The minimum atomic E-state index is -1.06. The third-order valence-corrected chi connectivity index (χ3v) is 2.78. The van der Waals surface area contributed by atoms with E-state index in [-0.39, 0.29) is 0 Å². The second-order valence-electron chi connectivity index (χ2n) is 4.44. The van der Waals surface area contributed by atoms with E-state index in [0.29, 0.717) is 0 Å². The molecule has 3 heteroatoms. The van der Waals surface area contributed by atoms with Gasteiger partial charge in [-0.15, -0.1) is 0 Å². The Bertz CT molecular complexity index is 282. The van der Waals surface area contributed by atoms with E-state index in [4.69, 9.17) is 4.42 Å². The molecule has 2 nitrogen and oxygen atoms in total. The molecular formula is C10H17NOSi. The van der Waals surface area contributed by atoms with Gasteiger partial charge in [0, 0.05) is 6.17 Å². The van der Waals surface area contributed by atoms with Crippen molar-refractivity contribution in [3.8, 4) is 0 Å². The molecule has 0 radical (unpaired) electrons. The Morgan fingerprint density at radius 1 is 1.46 bits per heavy atom. The van der Waals surface area contributed by atoms with Crippen LogP contribution in [0.25, 0.3) is 0 Å². The van der Waals surface area contributed by atoms with Gasteiger partial charge in [-0.25, -0.2) is 0 Å². The number of hydrogen-bond acceptors (Lipinski definition) is 2. The molecule has 0 saturated heterocycles. The van der Waals surface area contributed by atoms with Crippen LogP contribution in [0.1, 0.15) is 12.7 Å². The zero-order chi connectivity index (χ0) is 9.90. The lowest BCUT2D eigenvalue weighted by Crippen LogP contribution is -2.25. The summed E-state index contributed by atoms with van der Waals surface area (Å²) in [5.74, 6) is 0.887. The van der Waals surface area contributed by atoms with Crippen molar-refractivity contribution in [3.63, 3.8) is 0 Å². The molecular weight excluding hydrogens is 178 g/mol. The number of hydrogen-bond donors (Lipinski definition) is 0. The first-order valence-electron chi connectivity index (χ1n) is 4.54. The van der Waals surface area contributed by atoms with Crippen molar-refractivity contribution in [1.29, 1.82) is 0 Å². The summed E-state index contributed by atoms with van der Waals surface area (Å²) in [4.78, 5) is 4.52. The van der Waals surface area contributed by atoms with Crippen molar-refractivity contribution in [3.05, 3.63) is 24.2 Å². The first-order chi connectivity index (χ1) is 5.99. The highest BCUT2D eigenvalue weighted by Gasteiger charge is 2.12. The van der Waals surface area contributed by atoms with Crippen molar-refractivity contribution in [2.24, 2.45) is 4.99 Å². The summed E-state index contributed by atoms with van der Waals surface area (Å²) in [6.45, 7) is 8.93. The van der Waals surface area contributed by atoms with E-state index in [1.54, 1.807) is 6.26 Å². The molecule has 13 heavy (non-hydrogen) atoms. The molecule has 0 aromatic carbocycles. The van der Waals surface area contributed by atoms with Crippen molar-refractivity contribution >= 4 is 13.8 Å². The third-order valence-electron chi connectivity index (χ3n) is 1.67. The van der Waals surface area contributed by atoms with Gasteiger partial charge < -0.3 is 4.42 Å². The topological polar surface area (TPSA) is 25.5 Å². The maximum absolute atomic E-state index is 5.25. The number of rotatable bonds is 3. The van der Waals surface area contributed by atoms with Crippen LogP contribution < -0.4 is 0 Å². The Balaban J connectivity index is 2.63. The zero-order valence-electron chi connectivity index (χ0n) is 8.79. The quantitative estimate of drug-likeness (QED) is 0.538. The van der Waals surface area contributed by atoms with Gasteiger partial charge in [-0.1, -0.05) is 19.6 Å². The lowest BCUT2D eigenvalue weighted by atomic mass is 10.3. The van der Waals surface area contributed by atoms with E-state index >= 15 is 0 Å². The molecule has 1 rings (SSSR count). The largest absolute Gasteiger partial charge is 0.463 e. The summed E-state index contributed by atoms with van der Waals surface area (Å²) in [6, 6.07) is 3.84. The smallest absolute Gasteiger partial charge is 0.147 e. The van der Waals surface area contributed by atoms with E-state index < -0.39 is 8.07 Å². The first kappa shape index (κ1) is 10.2. The molecule has 0 atom stereocenters. The molecule has 0 aliphatic rings. The van der Waals surface area contributed by atoms with Crippen LogP contribution in [0.3, 0.4) is 0 Å². The van der Waals surface area contributed by atoms with E-state index in [2.05, 4.69) is 24.6 Å². The van der Waals surface area contributed by atoms with Gasteiger partial charge in [-0.05, 0) is 19.1 Å². The Morgan fingerprint density at radius 3 is 2.62 bits per heavy atom. The molecule has 0 aliphatic carbocycles. The maximum Gasteiger partial charge on any atom is 0.147 e. The molecule has 0 fully saturated rings. The Kier molecular flexibility index (Phi) is 3.09.